The molecule has 1 amide bonds. The molecule has 0 aromatic heterocycles. The van der Waals surface area contributed by atoms with E-state index in [1.54, 1.807) is 0 Å². The van der Waals surface area contributed by atoms with Crippen LogP contribution in [0, 0.1) is 11.3 Å². The molecule has 0 spiro atoms. The van der Waals surface area contributed by atoms with Crippen LogP contribution >= 0.6 is 0 Å². The van der Waals surface area contributed by atoms with Crippen molar-refractivity contribution in [3.63, 3.8) is 0 Å². The van der Waals surface area contributed by atoms with Gasteiger partial charge in [0.25, 0.3) is 0 Å². The smallest absolute Gasteiger partial charge is 0.303 e. The highest BCUT2D eigenvalue weighted by Gasteiger charge is 2.20. The van der Waals surface area contributed by atoms with Gasteiger partial charge in [0, 0.05) is 18.4 Å². The summed E-state index contributed by atoms with van der Waals surface area (Å²) in [6, 6.07) is 0. The van der Waals surface area contributed by atoms with Crippen LogP contribution in [0.5, 0.6) is 0 Å². The van der Waals surface area contributed by atoms with E-state index < -0.39 is 5.97 Å². The van der Waals surface area contributed by atoms with Gasteiger partial charge < -0.3 is 10.4 Å². The first-order valence-corrected chi connectivity index (χ1v) is 6.77. The zero-order chi connectivity index (χ0) is 14.2. The van der Waals surface area contributed by atoms with E-state index >= 15 is 0 Å². The Morgan fingerprint density at radius 2 is 1.78 bits per heavy atom. The van der Waals surface area contributed by atoms with E-state index in [9.17, 15) is 9.59 Å². The number of rotatable bonds is 8. The highest BCUT2D eigenvalue weighted by atomic mass is 16.4. The molecule has 0 rings (SSSR count). The van der Waals surface area contributed by atoms with Crippen LogP contribution < -0.4 is 5.32 Å². The molecule has 0 aliphatic rings. The Labute approximate surface area is 110 Å². The third-order valence-corrected chi connectivity index (χ3v) is 2.98. The number of carboxylic acid groups (broad SMARTS) is 1. The van der Waals surface area contributed by atoms with Crippen molar-refractivity contribution >= 4 is 11.9 Å². The Hall–Kier alpha value is -1.06. The van der Waals surface area contributed by atoms with E-state index in [1.165, 1.54) is 0 Å². The first-order valence-electron chi connectivity index (χ1n) is 6.77. The van der Waals surface area contributed by atoms with Crippen LogP contribution in [0.2, 0.25) is 0 Å². The van der Waals surface area contributed by atoms with E-state index in [0.717, 1.165) is 19.3 Å². The number of hydrogen-bond acceptors (Lipinski definition) is 2. The Kier molecular flexibility index (Phi) is 7.64. The van der Waals surface area contributed by atoms with E-state index in [4.69, 9.17) is 5.11 Å². The molecule has 0 bridgehead atoms. The molecule has 0 aliphatic heterocycles. The van der Waals surface area contributed by atoms with Crippen molar-refractivity contribution in [1.82, 2.24) is 5.32 Å². The molecule has 0 radical (unpaired) electrons. The molecule has 106 valence electrons. The van der Waals surface area contributed by atoms with Crippen LogP contribution in [0.4, 0.5) is 0 Å². The minimum atomic E-state index is -0.741. The topological polar surface area (TPSA) is 66.4 Å². The van der Waals surface area contributed by atoms with Gasteiger partial charge in [0.05, 0.1) is 0 Å². The van der Waals surface area contributed by atoms with Crippen molar-refractivity contribution in [2.24, 2.45) is 11.3 Å². The first-order chi connectivity index (χ1) is 8.27. The molecule has 0 aromatic rings. The second-order valence-corrected chi connectivity index (χ2v) is 5.88. The van der Waals surface area contributed by atoms with Crippen molar-refractivity contribution in [2.75, 3.05) is 6.54 Å². The number of carbonyl (C=O) groups excluding carboxylic acids is 1. The number of nitrogens with one attached hydrogen (secondary N) is 1. The Bertz CT molecular complexity index is 269. The number of carboxylic acids is 1. The zero-order valence-corrected chi connectivity index (χ0v) is 12.1. The van der Waals surface area contributed by atoms with Gasteiger partial charge in [-0.3, -0.25) is 9.59 Å². The quantitative estimate of drug-likeness (QED) is 0.702. The van der Waals surface area contributed by atoms with E-state index in [2.05, 4.69) is 12.2 Å². The highest BCUT2D eigenvalue weighted by molar-refractivity contribution is 5.81. The lowest BCUT2D eigenvalue weighted by Gasteiger charge is -2.20. The summed E-state index contributed by atoms with van der Waals surface area (Å²) in [4.78, 5) is 22.2. The summed E-state index contributed by atoms with van der Waals surface area (Å²) in [6.45, 7) is 8.39. The minimum Gasteiger partial charge on any atom is -0.481 e. The lowest BCUT2D eigenvalue weighted by molar-refractivity contribution is -0.137. The van der Waals surface area contributed by atoms with E-state index in [1.807, 2.05) is 20.8 Å². The molecule has 0 aromatic carbocycles. The summed E-state index contributed by atoms with van der Waals surface area (Å²) >= 11 is 0. The van der Waals surface area contributed by atoms with Crippen molar-refractivity contribution < 1.29 is 14.7 Å². The highest BCUT2D eigenvalue weighted by Crippen LogP contribution is 2.18. The maximum absolute atomic E-state index is 11.7. The second kappa shape index (κ2) is 8.11. The van der Waals surface area contributed by atoms with Crippen molar-refractivity contribution in [1.29, 1.82) is 0 Å². The van der Waals surface area contributed by atoms with Gasteiger partial charge >= 0.3 is 5.97 Å². The van der Waals surface area contributed by atoms with Gasteiger partial charge in [0.2, 0.25) is 5.91 Å². The molecule has 0 aliphatic carbocycles. The predicted molar refractivity (Wildman–Crippen MR) is 72.3 cm³/mol. The van der Waals surface area contributed by atoms with E-state index in [-0.39, 0.29) is 17.7 Å². The molecule has 2 N–H and O–H groups in total. The minimum absolute atomic E-state index is 0.0518. The van der Waals surface area contributed by atoms with Crippen LogP contribution in [0.25, 0.3) is 0 Å². The van der Waals surface area contributed by atoms with Gasteiger partial charge in [0.15, 0.2) is 0 Å². The summed E-state index contributed by atoms with van der Waals surface area (Å²) in [5.74, 6) is -0.294. The molecule has 0 saturated carbocycles. The Morgan fingerprint density at radius 1 is 1.17 bits per heavy atom. The normalized spacial score (nSPS) is 13.1. The predicted octanol–water partition coefficient (Wildman–Crippen LogP) is 2.82. The van der Waals surface area contributed by atoms with Gasteiger partial charge in [-0.05, 0) is 18.8 Å². The van der Waals surface area contributed by atoms with Gasteiger partial charge in [-0.1, -0.05) is 40.5 Å². The average Bonchev–Trinajstić information content (AvgIpc) is 2.24. The zero-order valence-electron chi connectivity index (χ0n) is 12.1. The fourth-order valence-corrected chi connectivity index (χ4v) is 1.82. The molecular formula is C14H27NO3. The summed E-state index contributed by atoms with van der Waals surface area (Å²) in [5.41, 5.74) is -0.360. The maximum atomic E-state index is 11.7. The average molecular weight is 257 g/mol. The van der Waals surface area contributed by atoms with Crippen LogP contribution in [0.15, 0.2) is 0 Å². The van der Waals surface area contributed by atoms with Crippen molar-refractivity contribution in [2.45, 2.75) is 59.8 Å². The van der Waals surface area contributed by atoms with Gasteiger partial charge in [-0.25, -0.2) is 0 Å². The molecule has 4 heteroatoms. The summed E-state index contributed by atoms with van der Waals surface area (Å²) in [5, 5.41) is 11.6. The standard InChI is InChI=1S/C14H27NO3/c1-5-6-11(7-8-12(16)17)9-10-15-13(18)14(2,3)4/h11H,5-10H2,1-4H3,(H,15,18)(H,16,17). The third-order valence-electron chi connectivity index (χ3n) is 2.98. The fraction of sp³-hybridized carbons (Fsp3) is 0.857. The fourth-order valence-electron chi connectivity index (χ4n) is 1.82. The molecule has 1 atom stereocenters. The van der Waals surface area contributed by atoms with Gasteiger partial charge in [-0.2, -0.15) is 0 Å². The van der Waals surface area contributed by atoms with Crippen molar-refractivity contribution in [3.8, 4) is 0 Å². The van der Waals surface area contributed by atoms with Gasteiger partial charge in [-0.15, -0.1) is 0 Å². The van der Waals surface area contributed by atoms with Crippen molar-refractivity contribution in [3.05, 3.63) is 0 Å². The number of amides is 1. The third kappa shape index (κ3) is 8.09. The van der Waals surface area contributed by atoms with Crippen LogP contribution in [-0.4, -0.2) is 23.5 Å². The molecule has 4 nitrogen and oxygen atoms in total. The molecule has 0 heterocycles. The summed E-state index contributed by atoms with van der Waals surface area (Å²) in [6.07, 6.45) is 3.87. The molecule has 0 saturated heterocycles. The van der Waals surface area contributed by atoms with Crippen LogP contribution in [0.3, 0.4) is 0 Å². The van der Waals surface area contributed by atoms with Gasteiger partial charge in [0.1, 0.15) is 0 Å². The SMILES string of the molecule is CCCC(CCNC(=O)C(C)(C)C)CCC(=O)O. The van der Waals surface area contributed by atoms with Crippen LogP contribution in [0.1, 0.15) is 59.8 Å². The number of aliphatic carboxylic acids is 1. The Morgan fingerprint density at radius 3 is 2.22 bits per heavy atom. The lowest BCUT2D eigenvalue weighted by atomic mass is 9.93. The molecule has 1 unspecified atom stereocenters. The maximum Gasteiger partial charge on any atom is 0.303 e. The first kappa shape index (κ1) is 16.9. The monoisotopic (exact) mass is 257 g/mol. The number of hydrogen-bond donors (Lipinski definition) is 2. The summed E-state index contributed by atoms with van der Waals surface area (Å²) in [7, 11) is 0. The summed E-state index contributed by atoms with van der Waals surface area (Å²) < 4.78 is 0. The molecule has 0 fully saturated rings. The van der Waals surface area contributed by atoms with Crippen LogP contribution in [-0.2, 0) is 9.59 Å². The molecule has 18 heavy (non-hydrogen) atoms. The Balaban J connectivity index is 3.96. The lowest BCUT2D eigenvalue weighted by Crippen LogP contribution is -2.35. The van der Waals surface area contributed by atoms with E-state index in [0.29, 0.717) is 18.9 Å². The number of carbonyl (C=O) groups is 2. The molecular weight excluding hydrogens is 230 g/mol. The largest absolute Gasteiger partial charge is 0.481 e. The second-order valence-electron chi connectivity index (χ2n) is 5.88.